The van der Waals surface area contributed by atoms with E-state index in [1.54, 1.807) is 0 Å². The van der Waals surface area contributed by atoms with E-state index in [9.17, 15) is 0 Å². The van der Waals surface area contributed by atoms with Gasteiger partial charge in [0.05, 0.1) is 6.61 Å². The van der Waals surface area contributed by atoms with Gasteiger partial charge in [-0.1, -0.05) is 20.8 Å². The summed E-state index contributed by atoms with van der Waals surface area (Å²) in [5.74, 6) is 0.884. The van der Waals surface area contributed by atoms with E-state index in [1.165, 1.54) is 25.7 Å². The van der Waals surface area contributed by atoms with Crippen LogP contribution in [-0.4, -0.2) is 24.3 Å². The number of hydrogen-bond donors (Lipinski definition) is 2. The molecule has 0 aromatic heterocycles. The van der Waals surface area contributed by atoms with Crippen molar-refractivity contribution >= 4 is 0 Å². The molecule has 1 rings (SSSR count). The number of aliphatic hydroxyl groups is 1. The molecule has 0 atom stereocenters. The lowest BCUT2D eigenvalue weighted by Crippen LogP contribution is -2.37. The SMILES string of the molecule is CC(C)(C)C1CCC(NCCO)CC1. The van der Waals surface area contributed by atoms with Crippen LogP contribution >= 0.6 is 0 Å². The van der Waals surface area contributed by atoms with Gasteiger partial charge in [-0.3, -0.25) is 0 Å². The summed E-state index contributed by atoms with van der Waals surface area (Å²) in [6.45, 7) is 8.06. The van der Waals surface area contributed by atoms with Gasteiger partial charge in [0.15, 0.2) is 0 Å². The van der Waals surface area contributed by atoms with Gasteiger partial charge in [-0.25, -0.2) is 0 Å². The number of hydrogen-bond acceptors (Lipinski definition) is 2. The third kappa shape index (κ3) is 3.58. The first-order valence-electron chi connectivity index (χ1n) is 5.88. The van der Waals surface area contributed by atoms with Crippen LogP contribution in [0.1, 0.15) is 46.5 Å². The van der Waals surface area contributed by atoms with E-state index in [4.69, 9.17) is 5.11 Å². The van der Waals surface area contributed by atoms with E-state index >= 15 is 0 Å². The fourth-order valence-corrected chi connectivity index (χ4v) is 2.43. The van der Waals surface area contributed by atoms with Crippen LogP contribution in [0.5, 0.6) is 0 Å². The second-order valence-corrected chi connectivity index (χ2v) is 5.59. The summed E-state index contributed by atoms with van der Waals surface area (Å²) in [4.78, 5) is 0. The fraction of sp³-hybridized carbons (Fsp3) is 1.00. The number of aliphatic hydroxyl groups excluding tert-OH is 1. The molecule has 14 heavy (non-hydrogen) atoms. The molecule has 2 heteroatoms. The monoisotopic (exact) mass is 199 g/mol. The zero-order valence-corrected chi connectivity index (χ0v) is 9.84. The lowest BCUT2D eigenvalue weighted by Gasteiger charge is -2.37. The molecule has 0 aromatic carbocycles. The Bertz CT molecular complexity index is 154. The molecule has 0 bridgehead atoms. The third-order valence-electron chi connectivity index (χ3n) is 3.50. The molecular formula is C12H25NO. The highest BCUT2D eigenvalue weighted by atomic mass is 16.3. The summed E-state index contributed by atoms with van der Waals surface area (Å²) < 4.78 is 0. The molecular weight excluding hydrogens is 174 g/mol. The maximum atomic E-state index is 8.72. The summed E-state index contributed by atoms with van der Waals surface area (Å²) in [6.07, 6.45) is 5.24. The zero-order valence-electron chi connectivity index (χ0n) is 9.84. The summed E-state index contributed by atoms with van der Waals surface area (Å²) in [5, 5.41) is 12.1. The predicted molar refractivity (Wildman–Crippen MR) is 60.3 cm³/mol. The van der Waals surface area contributed by atoms with Crippen molar-refractivity contribution in [2.45, 2.75) is 52.5 Å². The van der Waals surface area contributed by atoms with Crippen molar-refractivity contribution in [3.05, 3.63) is 0 Å². The van der Waals surface area contributed by atoms with Crippen molar-refractivity contribution in [2.75, 3.05) is 13.2 Å². The van der Waals surface area contributed by atoms with Gasteiger partial charge in [0.2, 0.25) is 0 Å². The molecule has 1 fully saturated rings. The number of rotatable bonds is 3. The molecule has 0 radical (unpaired) electrons. The van der Waals surface area contributed by atoms with Crippen LogP contribution in [0, 0.1) is 11.3 Å². The molecule has 0 amide bonds. The lowest BCUT2D eigenvalue weighted by molar-refractivity contribution is 0.157. The predicted octanol–water partition coefficient (Wildman–Crippen LogP) is 2.17. The van der Waals surface area contributed by atoms with Crippen molar-refractivity contribution in [1.82, 2.24) is 5.32 Å². The fourth-order valence-electron chi connectivity index (χ4n) is 2.43. The summed E-state index contributed by atoms with van der Waals surface area (Å²) in [5.41, 5.74) is 0.474. The average molecular weight is 199 g/mol. The molecule has 2 nitrogen and oxygen atoms in total. The van der Waals surface area contributed by atoms with Crippen LogP contribution in [0.2, 0.25) is 0 Å². The van der Waals surface area contributed by atoms with Gasteiger partial charge in [-0.15, -0.1) is 0 Å². The molecule has 2 N–H and O–H groups in total. The van der Waals surface area contributed by atoms with Crippen molar-refractivity contribution < 1.29 is 5.11 Å². The molecule has 1 saturated carbocycles. The Labute approximate surface area is 88.1 Å². The van der Waals surface area contributed by atoms with E-state index < -0.39 is 0 Å². The number of nitrogens with one attached hydrogen (secondary N) is 1. The minimum atomic E-state index is 0.263. The minimum absolute atomic E-state index is 0.263. The van der Waals surface area contributed by atoms with Gasteiger partial charge in [-0.2, -0.15) is 0 Å². The molecule has 84 valence electrons. The molecule has 1 aliphatic carbocycles. The van der Waals surface area contributed by atoms with Crippen LogP contribution in [-0.2, 0) is 0 Å². The first kappa shape index (κ1) is 12.0. The Morgan fingerprint density at radius 3 is 2.14 bits per heavy atom. The van der Waals surface area contributed by atoms with Gasteiger partial charge in [-0.05, 0) is 37.0 Å². The van der Waals surface area contributed by atoms with Crippen molar-refractivity contribution in [3.63, 3.8) is 0 Å². The van der Waals surface area contributed by atoms with Crippen molar-refractivity contribution in [3.8, 4) is 0 Å². The van der Waals surface area contributed by atoms with Gasteiger partial charge >= 0.3 is 0 Å². The molecule has 0 heterocycles. The summed E-state index contributed by atoms with van der Waals surface area (Å²) in [6, 6.07) is 0.653. The quantitative estimate of drug-likeness (QED) is 0.730. The highest BCUT2D eigenvalue weighted by molar-refractivity contribution is 4.83. The third-order valence-corrected chi connectivity index (χ3v) is 3.50. The zero-order chi connectivity index (χ0) is 10.6. The second-order valence-electron chi connectivity index (χ2n) is 5.59. The van der Waals surface area contributed by atoms with Crippen LogP contribution < -0.4 is 5.32 Å². The van der Waals surface area contributed by atoms with Gasteiger partial charge < -0.3 is 10.4 Å². The average Bonchev–Trinajstić information content (AvgIpc) is 2.14. The Balaban J connectivity index is 2.24. The highest BCUT2D eigenvalue weighted by Gasteiger charge is 2.29. The lowest BCUT2D eigenvalue weighted by atomic mass is 9.71. The summed E-state index contributed by atoms with van der Waals surface area (Å²) in [7, 11) is 0. The molecule has 0 aromatic rings. The van der Waals surface area contributed by atoms with Crippen LogP contribution in [0.25, 0.3) is 0 Å². The topological polar surface area (TPSA) is 32.3 Å². The maximum Gasteiger partial charge on any atom is 0.0556 e. The van der Waals surface area contributed by atoms with E-state index in [1.807, 2.05) is 0 Å². The van der Waals surface area contributed by atoms with Crippen molar-refractivity contribution in [2.24, 2.45) is 11.3 Å². The maximum absolute atomic E-state index is 8.72. The molecule has 0 saturated heterocycles. The molecule has 1 aliphatic rings. The molecule has 0 spiro atoms. The van der Waals surface area contributed by atoms with Gasteiger partial charge in [0.1, 0.15) is 0 Å². The Kier molecular flexibility index (Phi) is 4.39. The first-order valence-corrected chi connectivity index (χ1v) is 5.88. The Hall–Kier alpha value is -0.0800. The largest absolute Gasteiger partial charge is 0.395 e. The van der Waals surface area contributed by atoms with Crippen LogP contribution in [0.15, 0.2) is 0 Å². The van der Waals surface area contributed by atoms with Crippen LogP contribution in [0.4, 0.5) is 0 Å². The van der Waals surface area contributed by atoms with E-state index in [2.05, 4.69) is 26.1 Å². The molecule has 0 unspecified atom stereocenters. The normalized spacial score (nSPS) is 29.1. The standard InChI is InChI=1S/C12H25NO/c1-12(2,3)10-4-6-11(7-5-10)13-8-9-14/h10-11,13-14H,4-9H2,1-3H3. The Morgan fingerprint density at radius 2 is 1.71 bits per heavy atom. The van der Waals surface area contributed by atoms with E-state index in [0.717, 1.165) is 12.5 Å². The van der Waals surface area contributed by atoms with Crippen LogP contribution in [0.3, 0.4) is 0 Å². The van der Waals surface area contributed by atoms with Gasteiger partial charge in [0, 0.05) is 12.6 Å². The first-order chi connectivity index (χ1) is 6.54. The smallest absolute Gasteiger partial charge is 0.0556 e. The van der Waals surface area contributed by atoms with E-state index in [0.29, 0.717) is 11.5 Å². The highest BCUT2D eigenvalue weighted by Crippen LogP contribution is 2.37. The van der Waals surface area contributed by atoms with Gasteiger partial charge in [0.25, 0.3) is 0 Å². The Morgan fingerprint density at radius 1 is 1.14 bits per heavy atom. The van der Waals surface area contributed by atoms with E-state index in [-0.39, 0.29) is 6.61 Å². The minimum Gasteiger partial charge on any atom is -0.395 e. The summed E-state index contributed by atoms with van der Waals surface area (Å²) >= 11 is 0. The van der Waals surface area contributed by atoms with Crippen molar-refractivity contribution in [1.29, 1.82) is 0 Å². The second kappa shape index (κ2) is 5.13. The molecule has 0 aliphatic heterocycles.